The van der Waals surface area contributed by atoms with Gasteiger partial charge in [-0.3, -0.25) is 19.5 Å². The van der Waals surface area contributed by atoms with E-state index in [0.29, 0.717) is 35.9 Å². The van der Waals surface area contributed by atoms with Gasteiger partial charge in [0, 0.05) is 18.4 Å². The third kappa shape index (κ3) is 2.77. The molecule has 0 fully saturated rings. The third-order valence-corrected chi connectivity index (χ3v) is 4.48. The highest BCUT2D eigenvalue weighted by Crippen LogP contribution is 2.30. The lowest BCUT2D eigenvalue weighted by Gasteiger charge is -2.10. The average molecular weight is 367 g/mol. The number of Topliss-reactive ketones (excluding diaryl/α,β-unsaturated/α-hetero) is 1. The van der Waals surface area contributed by atoms with Crippen molar-refractivity contribution < 1.29 is 14.3 Å². The molecule has 0 saturated heterocycles. The fourth-order valence-corrected chi connectivity index (χ4v) is 3.11. The molecule has 0 saturated carbocycles. The van der Waals surface area contributed by atoms with E-state index in [-0.39, 0.29) is 46.8 Å². The van der Waals surface area contributed by atoms with E-state index < -0.39 is 0 Å². The molecule has 3 N–H and O–H groups in total. The number of ketones is 1. The highest BCUT2D eigenvalue weighted by Gasteiger charge is 2.24. The van der Waals surface area contributed by atoms with Crippen molar-refractivity contribution in [2.75, 3.05) is 12.3 Å². The molecule has 138 valence electrons. The van der Waals surface area contributed by atoms with E-state index in [1.807, 2.05) is 0 Å². The quantitative estimate of drug-likeness (QED) is 0.705. The number of H-pyrrole nitrogens is 1. The molecule has 3 heterocycles. The van der Waals surface area contributed by atoms with Crippen LogP contribution < -0.4 is 16.0 Å². The predicted octanol–water partition coefficient (Wildman–Crippen LogP) is 1.77. The van der Waals surface area contributed by atoms with Gasteiger partial charge in [0.25, 0.3) is 5.56 Å². The molecule has 1 aliphatic rings. The minimum atomic E-state index is -0.386. The minimum Gasteiger partial charge on any atom is -0.477 e. The van der Waals surface area contributed by atoms with Gasteiger partial charge < -0.3 is 10.5 Å². The Morgan fingerprint density at radius 2 is 2.15 bits per heavy atom. The summed E-state index contributed by atoms with van der Waals surface area (Å²) < 4.78 is 6.79. The lowest BCUT2D eigenvalue weighted by atomic mass is 10.1. The first-order valence-corrected chi connectivity index (χ1v) is 8.61. The van der Waals surface area contributed by atoms with Crippen LogP contribution in [0.25, 0.3) is 22.3 Å². The molecule has 2 aromatic heterocycles. The maximum atomic E-state index is 12.2. The van der Waals surface area contributed by atoms with Crippen LogP contribution >= 0.6 is 0 Å². The summed E-state index contributed by atoms with van der Waals surface area (Å²) in [4.78, 5) is 44.9. The van der Waals surface area contributed by atoms with Crippen LogP contribution in [0.15, 0.2) is 23.0 Å². The molecule has 4 rings (SSSR count). The summed E-state index contributed by atoms with van der Waals surface area (Å²) in [7, 11) is 0. The highest BCUT2D eigenvalue weighted by molar-refractivity contribution is 6.02. The molecule has 3 aromatic rings. The van der Waals surface area contributed by atoms with Crippen molar-refractivity contribution in [1.29, 1.82) is 0 Å². The Labute approximate surface area is 153 Å². The van der Waals surface area contributed by atoms with Gasteiger partial charge in [-0.1, -0.05) is 6.92 Å². The van der Waals surface area contributed by atoms with Crippen LogP contribution in [0.5, 0.6) is 5.88 Å². The first kappa shape index (κ1) is 17.0. The lowest BCUT2D eigenvalue weighted by molar-refractivity contribution is 0.0897. The van der Waals surface area contributed by atoms with Crippen LogP contribution in [-0.2, 0) is 0 Å². The molecule has 0 atom stereocenters. The molecule has 0 spiro atoms. The van der Waals surface area contributed by atoms with Gasteiger partial charge in [0.2, 0.25) is 11.8 Å². The minimum absolute atomic E-state index is 0.0506. The number of benzene rings is 1. The number of ether oxygens (including phenoxy) is 1. The van der Waals surface area contributed by atoms with Crippen molar-refractivity contribution in [3.05, 3.63) is 34.1 Å². The number of aromatic amines is 1. The van der Waals surface area contributed by atoms with Crippen LogP contribution in [0, 0.1) is 0 Å². The SMILES string of the molecule is CCC(=O)n1[nH]c(=O)c2cc(-c3nc(N)c4c(n3)OCCCC4=O)ccc21. The Bertz CT molecular complexity index is 1140. The maximum Gasteiger partial charge on any atom is 0.272 e. The van der Waals surface area contributed by atoms with Crippen molar-refractivity contribution in [2.45, 2.75) is 26.2 Å². The number of hydrogen-bond acceptors (Lipinski definition) is 7. The number of nitrogens with one attached hydrogen (secondary N) is 1. The summed E-state index contributed by atoms with van der Waals surface area (Å²) >= 11 is 0. The second kappa shape index (κ2) is 6.35. The molecule has 9 heteroatoms. The van der Waals surface area contributed by atoms with E-state index in [1.165, 1.54) is 4.68 Å². The first-order chi connectivity index (χ1) is 13.0. The fourth-order valence-electron chi connectivity index (χ4n) is 3.11. The first-order valence-electron chi connectivity index (χ1n) is 8.61. The number of aromatic nitrogens is 4. The van der Waals surface area contributed by atoms with E-state index in [9.17, 15) is 14.4 Å². The Balaban J connectivity index is 1.86. The van der Waals surface area contributed by atoms with Crippen LogP contribution in [0.2, 0.25) is 0 Å². The highest BCUT2D eigenvalue weighted by atomic mass is 16.5. The van der Waals surface area contributed by atoms with Gasteiger partial charge >= 0.3 is 0 Å². The third-order valence-electron chi connectivity index (χ3n) is 4.48. The van der Waals surface area contributed by atoms with E-state index in [4.69, 9.17) is 10.5 Å². The van der Waals surface area contributed by atoms with Crippen molar-refractivity contribution in [3.8, 4) is 17.3 Å². The summed E-state index contributed by atoms with van der Waals surface area (Å²) in [5, 5.41) is 2.87. The molecular formula is C18H17N5O4. The summed E-state index contributed by atoms with van der Waals surface area (Å²) in [5.41, 5.74) is 6.80. The Hall–Kier alpha value is -3.49. The number of fused-ring (bicyclic) bond motifs is 2. The van der Waals surface area contributed by atoms with Crippen LogP contribution in [0.1, 0.15) is 41.3 Å². The number of hydrogen-bond donors (Lipinski definition) is 2. The number of nitrogen functional groups attached to an aromatic ring is 1. The van der Waals surface area contributed by atoms with Gasteiger partial charge in [0.1, 0.15) is 11.4 Å². The molecule has 0 aliphatic carbocycles. The standard InChI is InChI=1S/C18H17N5O4/c1-2-13(25)23-11-6-5-9(8-10(11)17(26)22-23)16-20-15(19)14-12(24)4-3-7-27-18(14)21-16/h5-6,8H,2-4,7H2,1H3,(H,22,26)(H2,19,20,21). The van der Waals surface area contributed by atoms with E-state index in [0.717, 1.165) is 0 Å². The van der Waals surface area contributed by atoms with Gasteiger partial charge in [-0.25, -0.2) is 9.67 Å². The largest absolute Gasteiger partial charge is 0.477 e. The molecule has 1 aromatic carbocycles. The number of rotatable bonds is 2. The van der Waals surface area contributed by atoms with E-state index in [2.05, 4.69) is 15.1 Å². The normalized spacial score (nSPS) is 13.9. The smallest absolute Gasteiger partial charge is 0.272 e. The second-order valence-electron chi connectivity index (χ2n) is 6.24. The monoisotopic (exact) mass is 367 g/mol. The van der Waals surface area contributed by atoms with E-state index >= 15 is 0 Å². The molecule has 27 heavy (non-hydrogen) atoms. The number of carbonyl (C=O) groups excluding carboxylic acids is 2. The zero-order valence-electron chi connectivity index (χ0n) is 14.6. The molecule has 0 bridgehead atoms. The maximum absolute atomic E-state index is 12.2. The van der Waals surface area contributed by atoms with Gasteiger partial charge in [0.05, 0.1) is 17.5 Å². The van der Waals surface area contributed by atoms with Gasteiger partial charge in [-0.05, 0) is 24.6 Å². The molecule has 0 unspecified atom stereocenters. The summed E-state index contributed by atoms with van der Waals surface area (Å²) in [6.45, 7) is 2.09. The molecule has 0 amide bonds. The Kier molecular flexibility index (Phi) is 3.98. The fraction of sp³-hybridized carbons (Fsp3) is 0.278. The van der Waals surface area contributed by atoms with E-state index in [1.54, 1.807) is 25.1 Å². The van der Waals surface area contributed by atoms with Crippen LogP contribution in [0.4, 0.5) is 5.82 Å². The molecule has 1 aliphatic heterocycles. The van der Waals surface area contributed by atoms with Crippen LogP contribution in [-0.4, -0.2) is 38.0 Å². The summed E-state index contributed by atoms with van der Waals surface area (Å²) in [6.07, 6.45) is 1.18. The number of carbonyl (C=O) groups is 2. The Morgan fingerprint density at radius 1 is 1.33 bits per heavy atom. The van der Waals surface area contributed by atoms with Crippen molar-refractivity contribution in [3.63, 3.8) is 0 Å². The van der Waals surface area contributed by atoms with Gasteiger partial charge in [0.15, 0.2) is 11.6 Å². The number of nitrogens with two attached hydrogens (primary N) is 1. The average Bonchev–Trinajstić information content (AvgIpc) is 2.87. The number of anilines is 1. The van der Waals surface area contributed by atoms with Crippen molar-refractivity contribution in [1.82, 2.24) is 19.7 Å². The van der Waals surface area contributed by atoms with Crippen LogP contribution in [0.3, 0.4) is 0 Å². The second-order valence-corrected chi connectivity index (χ2v) is 6.24. The zero-order valence-corrected chi connectivity index (χ0v) is 14.6. The topological polar surface area (TPSA) is 133 Å². The molecule has 9 nitrogen and oxygen atoms in total. The van der Waals surface area contributed by atoms with Crippen molar-refractivity contribution >= 4 is 28.4 Å². The molecular weight excluding hydrogens is 350 g/mol. The zero-order chi connectivity index (χ0) is 19.1. The predicted molar refractivity (Wildman–Crippen MR) is 98.0 cm³/mol. The number of nitrogens with zero attached hydrogens (tertiary/aromatic N) is 3. The molecule has 0 radical (unpaired) electrons. The lowest BCUT2D eigenvalue weighted by Crippen LogP contribution is -2.13. The van der Waals surface area contributed by atoms with Gasteiger partial charge in [-0.2, -0.15) is 4.98 Å². The summed E-state index contributed by atoms with van der Waals surface area (Å²) in [5.74, 6) is 0.0973. The Morgan fingerprint density at radius 3 is 2.93 bits per heavy atom. The van der Waals surface area contributed by atoms with Crippen molar-refractivity contribution in [2.24, 2.45) is 0 Å². The van der Waals surface area contributed by atoms with Gasteiger partial charge in [-0.15, -0.1) is 0 Å². The summed E-state index contributed by atoms with van der Waals surface area (Å²) in [6, 6.07) is 4.93.